The minimum absolute atomic E-state index is 0.132. The van der Waals surface area contributed by atoms with Gasteiger partial charge in [0.15, 0.2) is 12.4 Å². The minimum Gasteiger partial charge on any atom is -0.484 e. The van der Waals surface area contributed by atoms with Crippen LogP contribution in [0.2, 0.25) is 0 Å². The second kappa shape index (κ2) is 7.39. The first kappa shape index (κ1) is 15.0. The van der Waals surface area contributed by atoms with Gasteiger partial charge in [-0.1, -0.05) is 22.0 Å². The van der Waals surface area contributed by atoms with Crippen LogP contribution in [0.3, 0.4) is 0 Å². The van der Waals surface area contributed by atoms with Gasteiger partial charge < -0.3 is 10.5 Å². The number of carbonyl (C=O) groups is 1. The van der Waals surface area contributed by atoms with Gasteiger partial charge >= 0.3 is 0 Å². The number of ether oxygens (including phenoxy) is 1. The number of amides is 1. The van der Waals surface area contributed by atoms with Crippen molar-refractivity contribution in [1.82, 2.24) is 10.4 Å². The fourth-order valence-electron chi connectivity index (χ4n) is 1.41. The third-order valence-corrected chi connectivity index (χ3v) is 2.94. The van der Waals surface area contributed by atoms with Gasteiger partial charge in [-0.25, -0.2) is 5.43 Å². The van der Waals surface area contributed by atoms with Crippen molar-refractivity contribution in [3.8, 4) is 5.75 Å². The average molecular weight is 349 g/mol. The smallest absolute Gasteiger partial charge is 0.278 e. The van der Waals surface area contributed by atoms with Gasteiger partial charge in [0.05, 0.1) is 0 Å². The summed E-state index contributed by atoms with van der Waals surface area (Å²) in [6.45, 7) is -0.152. The van der Waals surface area contributed by atoms with Crippen LogP contribution in [0.25, 0.3) is 0 Å². The number of nitrogens with two attached hydrogens (primary N) is 1. The van der Waals surface area contributed by atoms with Crippen LogP contribution < -0.4 is 15.9 Å². The van der Waals surface area contributed by atoms with Gasteiger partial charge in [-0.05, 0) is 36.4 Å². The van der Waals surface area contributed by atoms with Crippen LogP contribution >= 0.6 is 15.9 Å². The molecule has 0 aliphatic rings. The molecule has 1 aromatic carbocycles. The highest BCUT2D eigenvalue weighted by Gasteiger charge is 2.03. The zero-order chi connectivity index (χ0) is 15.1. The molecule has 21 heavy (non-hydrogen) atoms. The monoisotopic (exact) mass is 348 g/mol. The van der Waals surface area contributed by atoms with Crippen LogP contribution in [0.5, 0.6) is 5.75 Å². The molecule has 0 saturated carbocycles. The summed E-state index contributed by atoms with van der Waals surface area (Å²) in [5, 5.41) is 3.77. The molecule has 0 bridgehead atoms. The average Bonchev–Trinajstić information content (AvgIpc) is 2.53. The van der Waals surface area contributed by atoms with Crippen molar-refractivity contribution in [2.75, 3.05) is 6.61 Å². The normalized spacial score (nSPS) is 11.0. The Labute approximate surface area is 130 Å². The molecule has 108 valence electrons. The number of hydrogen-bond acceptors (Lipinski definition) is 4. The first-order chi connectivity index (χ1) is 10.1. The molecule has 0 atom stereocenters. The molecule has 1 heterocycles. The summed E-state index contributed by atoms with van der Waals surface area (Å²) in [7, 11) is 0. The van der Waals surface area contributed by atoms with E-state index in [2.05, 4.69) is 31.4 Å². The summed E-state index contributed by atoms with van der Waals surface area (Å²) in [6.07, 6.45) is 1.59. The Morgan fingerprint density at radius 2 is 2.05 bits per heavy atom. The number of nitrogens with one attached hydrogen (secondary N) is 1. The summed E-state index contributed by atoms with van der Waals surface area (Å²) in [6, 6.07) is 12.4. The highest BCUT2D eigenvalue weighted by atomic mass is 79.9. The van der Waals surface area contributed by atoms with E-state index in [-0.39, 0.29) is 12.4 Å². The molecule has 1 aromatic heterocycles. The van der Waals surface area contributed by atoms with E-state index in [0.717, 1.165) is 4.47 Å². The molecule has 0 spiro atoms. The molecular weight excluding hydrogens is 336 g/mol. The molecule has 0 aliphatic carbocycles. The molecule has 7 heteroatoms. The van der Waals surface area contributed by atoms with Crippen LogP contribution in [0.4, 0.5) is 0 Å². The number of hydrogen-bond donors (Lipinski definition) is 2. The van der Waals surface area contributed by atoms with Crippen LogP contribution in [0.15, 0.2) is 58.2 Å². The molecule has 0 unspecified atom stereocenters. The molecule has 1 amide bonds. The van der Waals surface area contributed by atoms with E-state index in [1.165, 1.54) is 0 Å². The molecule has 6 nitrogen and oxygen atoms in total. The lowest BCUT2D eigenvalue weighted by atomic mass is 10.3. The van der Waals surface area contributed by atoms with Crippen molar-refractivity contribution in [3.05, 3.63) is 58.8 Å². The third-order valence-electron chi connectivity index (χ3n) is 2.41. The first-order valence-corrected chi connectivity index (χ1v) is 6.86. The van der Waals surface area contributed by atoms with Crippen molar-refractivity contribution in [2.24, 2.45) is 10.8 Å². The third kappa shape index (κ3) is 4.88. The van der Waals surface area contributed by atoms with Gasteiger partial charge in [-0.3, -0.25) is 9.78 Å². The van der Waals surface area contributed by atoms with Crippen molar-refractivity contribution in [1.29, 1.82) is 0 Å². The highest BCUT2D eigenvalue weighted by Crippen LogP contribution is 2.15. The standard InChI is InChI=1S/C14H13BrN4O2/c15-10-4-6-11(7-5-10)21-9-13(20)18-19-14(16)12-3-1-2-8-17-12/h1-8H,9H2,(H2,16,19)(H,18,20). The Morgan fingerprint density at radius 1 is 1.29 bits per heavy atom. The SMILES string of the molecule is N/C(=N\NC(=O)COc1ccc(Br)cc1)c1ccccn1. The lowest BCUT2D eigenvalue weighted by Gasteiger charge is -2.05. The lowest BCUT2D eigenvalue weighted by molar-refractivity contribution is -0.123. The quantitative estimate of drug-likeness (QED) is 0.488. The number of hydrazone groups is 1. The predicted molar refractivity (Wildman–Crippen MR) is 82.7 cm³/mol. The fourth-order valence-corrected chi connectivity index (χ4v) is 1.67. The Hall–Kier alpha value is -2.41. The second-order valence-electron chi connectivity index (χ2n) is 3.99. The lowest BCUT2D eigenvalue weighted by Crippen LogP contribution is -2.28. The van der Waals surface area contributed by atoms with E-state index in [1.807, 2.05) is 12.1 Å². The number of carbonyl (C=O) groups excluding carboxylic acids is 1. The van der Waals surface area contributed by atoms with E-state index in [1.54, 1.807) is 36.5 Å². The van der Waals surface area contributed by atoms with Crippen LogP contribution in [0, 0.1) is 0 Å². The van der Waals surface area contributed by atoms with Crippen LogP contribution in [-0.4, -0.2) is 23.3 Å². The number of pyridine rings is 1. The van der Waals surface area contributed by atoms with Crippen LogP contribution in [0.1, 0.15) is 5.69 Å². The molecule has 3 N–H and O–H groups in total. The van der Waals surface area contributed by atoms with Crippen molar-refractivity contribution in [2.45, 2.75) is 0 Å². The van der Waals surface area contributed by atoms with Gasteiger partial charge in [0.2, 0.25) is 0 Å². The number of amidine groups is 1. The van der Waals surface area contributed by atoms with E-state index < -0.39 is 5.91 Å². The largest absolute Gasteiger partial charge is 0.484 e. The summed E-state index contributed by atoms with van der Waals surface area (Å²) >= 11 is 3.32. The van der Waals surface area contributed by atoms with Gasteiger partial charge in [0, 0.05) is 10.7 Å². The zero-order valence-electron chi connectivity index (χ0n) is 11.0. The summed E-state index contributed by atoms with van der Waals surface area (Å²) in [5.74, 6) is 0.319. The molecule has 2 rings (SSSR count). The topological polar surface area (TPSA) is 89.6 Å². The maximum atomic E-state index is 11.6. The Morgan fingerprint density at radius 3 is 2.71 bits per heavy atom. The number of halogens is 1. The van der Waals surface area contributed by atoms with Crippen LogP contribution in [-0.2, 0) is 4.79 Å². The van der Waals surface area contributed by atoms with Gasteiger partial charge in [-0.2, -0.15) is 5.10 Å². The van der Waals surface area contributed by atoms with E-state index in [9.17, 15) is 4.79 Å². The van der Waals surface area contributed by atoms with Gasteiger partial charge in [-0.15, -0.1) is 0 Å². The summed E-state index contributed by atoms with van der Waals surface area (Å²) in [4.78, 5) is 15.6. The first-order valence-electron chi connectivity index (χ1n) is 6.07. The number of nitrogens with zero attached hydrogens (tertiary/aromatic N) is 2. The Kier molecular flexibility index (Phi) is 5.28. The summed E-state index contributed by atoms with van der Waals surface area (Å²) < 4.78 is 6.24. The Bertz CT molecular complexity index is 629. The molecule has 0 aliphatic heterocycles. The summed E-state index contributed by atoms with van der Waals surface area (Å²) in [5.41, 5.74) is 8.50. The molecule has 0 saturated heterocycles. The fraction of sp³-hybridized carbons (Fsp3) is 0.0714. The second-order valence-corrected chi connectivity index (χ2v) is 4.91. The minimum atomic E-state index is -0.406. The van der Waals surface area contributed by atoms with E-state index >= 15 is 0 Å². The van der Waals surface area contributed by atoms with Gasteiger partial charge in [0.1, 0.15) is 11.4 Å². The number of benzene rings is 1. The maximum Gasteiger partial charge on any atom is 0.278 e. The van der Waals surface area contributed by atoms with Gasteiger partial charge in [0.25, 0.3) is 5.91 Å². The number of rotatable bonds is 5. The van der Waals surface area contributed by atoms with Crippen molar-refractivity contribution >= 4 is 27.7 Å². The van der Waals surface area contributed by atoms with E-state index in [4.69, 9.17) is 10.5 Å². The molecule has 0 fully saturated rings. The van der Waals surface area contributed by atoms with E-state index in [0.29, 0.717) is 11.4 Å². The molecule has 2 aromatic rings. The number of aromatic nitrogens is 1. The molecular formula is C14H13BrN4O2. The zero-order valence-corrected chi connectivity index (χ0v) is 12.6. The highest BCUT2D eigenvalue weighted by molar-refractivity contribution is 9.10. The Balaban J connectivity index is 1.83. The van der Waals surface area contributed by atoms with Crippen molar-refractivity contribution in [3.63, 3.8) is 0 Å². The van der Waals surface area contributed by atoms with Crippen molar-refractivity contribution < 1.29 is 9.53 Å². The predicted octanol–water partition coefficient (Wildman–Crippen LogP) is 1.66. The molecule has 0 radical (unpaired) electrons. The maximum absolute atomic E-state index is 11.6.